The molecule has 0 aliphatic heterocycles. The third kappa shape index (κ3) is 3.81. The average molecular weight is 548 g/mol. The van der Waals surface area contributed by atoms with E-state index in [1.54, 1.807) is 44.4 Å². The minimum Gasteiger partial charge on any atom is -0.510 e. The normalized spacial score (nSPS) is 25.9. The maximum atomic E-state index is 13.8. The Morgan fingerprint density at radius 2 is 1.70 bits per heavy atom. The van der Waals surface area contributed by atoms with Crippen LogP contribution in [-0.4, -0.2) is 74.4 Å². The molecule has 0 heterocycles. The Labute approximate surface area is 229 Å². The Balaban J connectivity index is 1.66. The number of allylic oxidation sites excluding steroid dienone is 1. The second kappa shape index (κ2) is 9.32. The summed E-state index contributed by atoms with van der Waals surface area (Å²) in [5.74, 6) is -7.15. The Hall–Kier alpha value is -4.48. The van der Waals surface area contributed by atoms with Crippen LogP contribution in [0.4, 0.5) is 5.69 Å². The number of anilines is 1. The van der Waals surface area contributed by atoms with Gasteiger partial charge in [0.15, 0.2) is 11.4 Å². The van der Waals surface area contributed by atoms with Crippen LogP contribution in [0.15, 0.2) is 59.1 Å². The number of ketones is 2. The number of aliphatic hydroxyl groups excluding tert-OH is 2. The van der Waals surface area contributed by atoms with E-state index in [1.807, 2.05) is 0 Å². The number of carbonyl (C=O) groups is 4. The number of phenolic OH excluding ortho intramolecular Hbond substituents is 1. The topological polar surface area (TPSA) is 190 Å². The van der Waals surface area contributed by atoms with Gasteiger partial charge in [0.2, 0.25) is 11.7 Å². The molecule has 3 aliphatic carbocycles. The van der Waals surface area contributed by atoms with Crippen molar-refractivity contribution in [3.63, 3.8) is 0 Å². The highest BCUT2D eigenvalue weighted by Gasteiger charge is 2.63. The van der Waals surface area contributed by atoms with Crippen molar-refractivity contribution in [3.8, 4) is 16.9 Å². The van der Waals surface area contributed by atoms with E-state index < -0.39 is 58.0 Å². The number of nitrogens with two attached hydrogens (primary N) is 1. The molecule has 11 heteroatoms. The molecule has 0 aromatic heterocycles. The first kappa shape index (κ1) is 27.1. The zero-order valence-electron chi connectivity index (χ0n) is 22.1. The molecule has 0 unspecified atom stereocenters. The molecule has 0 spiro atoms. The number of aliphatic hydroxyl groups is 3. The van der Waals surface area contributed by atoms with Gasteiger partial charge in [-0.3, -0.25) is 24.1 Å². The molecule has 5 rings (SSSR count). The van der Waals surface area contributed by atoms with Gasteiger partial charge < -0.3 is 31.5 Å². The van der Waals surface area contributed by atoms with Crippen LogP contribution in [0.25, 0.3) is 11.1 Å². The van der Waals surface area contributed by atoms with Crippen molar-refractivity contribution < 1.29 is 39.6 Å². The fourth-order valence-electron chi connectivity index (χ4n) is 6.46. The number of likely N-dealkylation sites (N-methyl/N-ethyl adjacent to an activating group) is 1. The van der Waals surface area contributed by atoms with Gasteiger partial charge in [-0.05, 0) is 67.7 Å². The molecule has 11 nitrogen and oxygen atoms in total. The van der Waals surface area contributed by atoms with E-state index in [9.17, 15) is 39.6 Å². The molecular weight excluding hydrogens is 518 g/mol. The van der Waals surface area contributed by atoms with Crippen LogP contribution in [0.5, 0.6) is 5.75 Å². The third-order valence-corrected chi connectivity index (χ3v) is 8.12. The fourth-order valence-corrected chi connectivity index (χ4v) is 6.46. The lowest BCUT2D eigenvalue weighted by atomic mass is 9.58. The average Bonchev–Trinajstić information content (AvgIpc) is 2.86. The molecular formula is C29H29N3O8. The summed E-state index contributed by atoms with van der Waals surface area (Å²) in [6.07, 6.45) is 0.175. The second-order valence-corrected chi connectivity index (χ2v) is 10.7. The summed E-state index contributed by atoms with van der Waals surface area (Å²) in [4.78, 5) is 52.2. The molecule has 0 radical (unpaired) electrons. The summed E-state index contributed by atoms with van der Waals surface area (Å²) in [6.45, 7) is 1.40. The lowest BCUT2D eigenvalue weighted by Gasteiger charge is -2.50. The largest absolute Gasteiger partial charge is 0.510 e. The van der Waals surface area contributed by atoms with Crippen molar-refractivity contribution in [3.05, 3.63) is 70.2 Å². The molecule has 0 saturated carbocycles. The first-order valence-electron chi connectivity index (χ1n) is 12.7. The molecule has 2 aromatic carbocycles. The van der Waals surface area contributed by atoms with Crippen molar-refractivity contribution in [2.24, 2.45) is 17.6 Å². The molecule has 2 aromatic rings. The molecule has 208 valence electrons. The summed E-state index contributed by atoms with van der Waals surface area (Å²) in [7, 11) is 3.15. The molecule has 40 heavy (non-hydrogen) atoms. The number of fused-ring (bicyclic) bond motifs is 3. The quantitative estimate of drug-likeness (QED) is 0.310. The van der Waals surface area contributed by atoms with Gasteiger partial charge in [-0.15, -0.1) is 0 Å². The van der Waals surface area contributed by atoms with Gasteiger partial charge in [-0.25, -0.2) is 0 Å². The Morgan fingerprint density at radius 1 is 1.05 bits per heavy atom. The standard InChI is InChI=1S/C29H29N3O8/c1-12(33)31-15-6-4-13(5-7-15)16-8-9-19(34)21-17(16)10-14-11-18-23(32(2)3)25(36)22(28(30)39)27(38)29(18,40)26(37)20(14)24(21)35/h4-9,14,18,23,34,36-37,40H,10-11H2,1-3H3,(H2,30,39)(H,31,33)/t14-,18-,23-,29-/m0/s1. The number of nitrogens with one attached hydrogen (secondary N) is 1. The summed E-state index contributed by atoms with van der Waals surface area (Å²) in [6, 6.07) is 8.91. The van der Waals surface area contributed by atoms with Crippen LogP contribution in [0.3, 0.4) is 0 Å². The number of phenols is 1. The van der Waals surface area contributed by atoms with Crippen molar-refractivity contribution in [2.45, 2.75) is 31.4 Å². The first-order valence-corrected chi connectivity index (χ1v) is 12.7. The highest BCUT2D eigenvalue weighted by Crippen LogP contribution is 2.53. The highest BCUT2D eigenvalue weighted by atomic mass is 16.3. The number of carbonyl (C=O) groups excluding carboxylic acids is 4. The van der Waals surface area contributed by atoms with Crippen LogP contribution in [-0.2, 0) is 20.8 Å². The summed E-state index contributed by atoms with van der Waals surface area (Å²) in [5, 5.41) is 47.4. The van der Waals surface area contributed by atoms with E-state index in [-0.39, 0.29) is 35.6 Å². The lowest BCUT2D eigenvalue weighted by Crippen LogP contribution is -2.63. The van der Waals surface area contributed by atoms with Gasteiger partial charge >= 0.3 is 0 Å². The van der Waals surface area contributed by atoms with Crippen molar-refractivity contribution in [1.82, 2.24) is 4.90 Å². The minimum atomic E-state index is -2.68. The van der Waals surface area contributed by atoms with Gasteiger partial charge in [0, 0.05) is 24.1 Å². The molecule has 0 saturated heterocycles. The van der Waals surface area contributed by atoms with Gasteiger partial charge in [-0.2, -0.15) is 0 Å². The predicted octanol–water partition coefficient (Wildman–Crippen LogP) is 1.75. The molecule has 4 atom stereocenters. The zero-order chi connectivity index (χ0) is 29.3. The SMILES string of the molecule is CC(=O)Nc1ccc(-c2ccc(O)c3c2C[C@H]2C[C@H]4[C@H](N(C)C)C(O)=C(C(N)=O)C(=O)[C@@]4(O)C(O)=C2C3=O)cc1. The smallest absolute Gasteiger partial charge is 0.255 e. The minimum absolute atomic E-state index is 0.00231. The molecule has 0 fully saturated rings. The van der Waals surface area contributed by atoms with E-state index in [1.165, 1.54) is 17.9 Å². The van der Waals surface area contributed by atoms with E-state index in [0.29, 0.717) is 22.4 Å². The molecule has 0 bridgehead atoms. The number of nitrogens with zero attached hydrogens (tertiary/aromatic N) is 1. The van der Waals surface area contributed by atoms with E-state index in [2.05, 4.69) is 5.32 Å². The molecule has 7 N–H and O–H groups in total. The Kier molecular flexibility index (Phi) is 6.31. The molecule has 3 aliphatic rings. The maximum absolute atomic E-state index is 13.8. The zero-order valence-corrected chi connectivity index (χ0v) is 22.1. The number of benzene rings is 2. The summed E-state index contributed by atoms with van der Waals surface area (Å²) >= 11 is 0. The summed E-state index contributed by atoms with van der Waals surface area (Å²) < 4.78 is 0. The number of hydrogen-bond donors (Lipinski definition) is 6. The van der Waals surface area contributed by atoms with Gasteiger partial charge in [0.1, 0.15) is 22.8 Å². The van der Waals surface area contributed by atoms with Crippen LogP contribution in [0, 0.1) is 11.8 Å². The van der Waals surface area contributed by atoms with Crippen LogP contribution >= 0.6 is 0 Å². The van der Waals surface area contributed by atoms with Crippen molar-refractivity contribution in [1.29, 1.82) is 0 Å². The maximum Gasteiger partial charge on any atom is 0.255 e. The van der Waals surface area contributed by atoms with Gasteiger partial charge in [0.25, 0.3) is 5.91 Å². The van der Waals surface area contributed by atoms with Crippen LogP contribution in [0.2, 0.25) is 0 Å². The number of primary amides is 1. The number of rotatable bonds is 4. The Morgan fingerprint density at radius 3 is 2.27 bits per heavy atom. The third-order valence-electron chi connectivity index (χ3n) is 8.12. The van der Waals surface area contributed by atoms with Crippen molar-refractivity contribution in [2.75, 3.05) is 19.4 Å². The number of amides is 2. The first-order chi connectivity index (χ1) is 18.8. The number of Topliss-reactive ketones (excluding diaryl/α,β-unsaturated/α-hetero) is 2. The van der Waals surface area contributed by atoms with E-state index in [4.69, 9.17) is 5.73 Å². The monoisotopic (exact) mass is 547 g/mol. The summed E-state index contributed by atoms with van der Waals surface area (Å²) in [5.41, 5.74) is 4.02. The molecule has 2 amide bonds. The van der Waals surface area contributed by atoms with E-state index >= 15 is 0 Å². The number of hydrogen-bond acceptors (Lipinski definition) is 9. The fraction of sp³-hybridized carbons (Fsp3) is 0.310. The van der Waals surface area contributed by atoms with E-state index in [0.717, 1.165) is 0 Å². The van der Waals surface area contributed by atoms with Crippen LogP contribution in [0.1, 0.15) is 29.3 Å². The number of aromatic hydroxyl groups is 1. The van der Waals surface area contributed by atoms with Crippen molar-refractivity contribution >= 4 is 29.1 Å². The van der Waals surface area contributed by atoms with Gasteiger partial charge in [0.05, 0.1) is 11.6 Å². The predicted molar refractivity (Wildman–Crippen MR) is 143 cm³/mol. The Bertz CT molecular complexity index is 1560. The highest BCUT2D eigenvalue weighted by molar-refractivity contribution is 6.25. The lowest BCUT2D eigenvalue weighted by molar-refractivity contribution is -0.148. The van der Waals surface area contributed by atoms with Gasteiger partial charge in [-0.1, -0.05) is 18.2 Å². The second-order valence-electron chi connectivity index (χ2n) is 10.7. The van der Waals surface area contributed by atoms with Crippen LogP contribution < -0.4 is 11.1 Å².